The molecule has 1 heterocycles. The van der Waals surface area contributed by atoms with Gasteiger partial charge >= 0.3 is 5.76 Å². The van der Waals surface area contributed by atoms with Crippen LogP contribution in [0.2, 0.25) is 0 Å². The fourth-order valence-electron chi connectivity index (χ4n) is 2.45. The lowest BCUT2D eigenvalue weighted by Crippen LogP contribution is -2.30. The summed E-state index contributed by atoms with van der Waals surface area (Å²) < 4.78 is 38.9. The summed E-state index contributed by atoms with van der Waals surface area (Å²) in [7, 11) is -2.11. The zero-order chi connectivity index (χ0) is 18.4. The van der Waals surface area contributed by atoms with Crippen molar-refractivity contribution in [3.8, 4) is 0 Å². The van der Waals surface area contributed by atoms with Crippen molar-refractivity contribution in [2.45, 2.75) is 18.7 Å². The minimum atomic E-state index is -3.68. The molecule has 140 valence electrons. The molecule has 0 radical (unpaired) electrons. The molecule has 0 bridgehead atoms. The lowest BCUT2D eigenvalue weighted by molar-refractivity contribution is 0.111. The number of nitrogens with one attached hydrogen (secondary N) is 1. The van der Waals surface area contributed by atoms with Gasteiger partial charge < -0.3 is 14.1 Å². The number of sulfonamides is 1. The number of nitrogens with zero attached hydrogens (tertiary/aromatic N) is 2. The first-order valence-electron chi connectivity index (χ1n) is 8.28. The number of aryl methyl sites for hydroxylation is 1. The Balaban J connectivity index is 1.88. The average molecular weight is 371 g/mol. The van der Waals surface area contributed by atoms with Gasteiger partial charge in [0.1, 0.15) is 0 Å². The predicted molar refractivity (Wildman–Crippen MR) is 95.3 cm³/mol. The zero-order valence-corrected chi connectivity index (χ0v) is 15.6. The van der Waals surface area contributed by atoms with Gasteiger partial charge in [0.05, 0.1) is 23.6 Å². The first-order valence-corrected chi connectivity index (χ1v) is 9.76. The molecule has 9 heteroatoms. The predicted octanol–water partition coefficient (Wildman–Crippen LogP) is 0.768. The molecule has 0 amide bonds. The fraction of sp³-hybridized carbons (Fsp3) is 0.562. The highest BCUT2D eigenvalue weighted by atomic mass is 32.2. The van der Waals surface area contributed by atoms with Crippen molar-refractivity contribution < 1.29 is 17.6 Å². The number of ether oxygens (including phenoxy) is 1. The highest BCUT2D eigenvalue weighted by Crippen LogP contribution is 2.17. The van der Waals surface area contributed by atoms with Crippen molar-refractivity contribution >= 4 is 21.1 Å². The van der Waals surface area contributed by atoms with E-state index in [4.69, 9.17) is 9.15 Å². The maximum atomic E-state index is 12.3. The van der Waals surface area contributed by atoms with Crippen molar-refractivity contribution in [1.82, 2.24) is 14.2 Å². The summed E-state index contributed by atoms with van der Waals surface area (Å²) in [6.45, 7) is 7.95. The average Bonchev–Trinajstić information content (AvgIpc) is 2.88. The lowest BCUT2D eigenvalue weighted by Gasteiger charge is -2.17. The molecule has 2 rings (SSSR count). The molecule has 0 saturated carbocycles. The molecule has 8 nitrogen and oxygen atoms in total. The Hall–Kier alpha value is -1.68. The van der Waals surface area contributed by atoms with Crippen molar-refractivity contribution in [3.05, 3.63) is 28.7 Å². The molecular formula is C16H25N3O5S. The molecule has 0 aliphatic carbocycles. The van der Waals surface area contributed by atoms with Crippen molar-refractivity contribution in [1.29, 1.82) is 0 Å². The third-order valence-corrected chi connectivity index (χ3v) is 5.52. The Morgan fingerprint density at radius 3 is 2.64 bits per heavy atom. The molecular weight excluding hydrogens is 346 g/mol. The lowest BCUT2D eigenvalue weighted by atomic mass is 10.3. The Morgan fingerprint density at radius 2 is 1.96 bits per heavy atom. The number of fused-ring (bicyclic) bond motifs is 1. The summed E-state index contributed by atoms with van der Waals surface area (Å²) in [6.07, 6.45) is 0. The van der Waals surface area contributed by atoms with Gasteiger partial charge in [-0.05, 0) is 25.2 Å². The van der Waals surface area contributed by atoms with Crippen LogP contribution < -0.4 is 10.5 Å². The second-order valence-electron chi connectivity index (χ2n) is 5.59. The summed E-state index contributed by atoms with van der Waals surface area (Å²) in [4.78, 5) is 13.8. The van der Waals surface area contributed by atoms with E-state index in [0.717, 1.165) is 19.6 Å². The normalized spacial score (nSPS) is 12.3. The first-order chi connectivity index (χ1) is 11.9. The quantitative estimate of drug-likeness (QED) is 0.620. The molecule has 25 heavy (non-hydrogen) atoms. The summed E-state index contributed by atoms with van der Waals surface area (Å²) in [5.74, 6) is -0.529. The third-order valence-electron chi connectivity index (χ3n) is 4.06. The molecule has 0 unspecified atom stereocenters. The fourth-order valence-corrected chi connectivity index (χ4v) is 3.48. The number of likely N-dealkylation sites (N-methyl/N-ethyl adjacent to an activating group) is 1. The van der Waals surface area contributed by atoms with E-state index < -0.39 is 15.8 Å². The maximum absolute atomic E-state index is 12.3. The van der Waals surface area contributed by atoms with E-state index in [-0.39, 0.29) is 17.0 Å². The second kappa shape index (κ2) is 8.61. The molecule has 1 aromatic heterocycles. The van der Waals surface area contributed by atoms with Crippen LogP contribution in [0.4, 0.5) is 0 Å². The smallest absolute Gasteiger partial charge is 0.408 e. The minimum absolute atomic E-state index is 0.0532. The molecule has 1 N–H and O–H groups in total. The number of aromatic nitrogens is 1. The van der Waals surface area contributed by atoms with Gasteiger partial charge in [0, 0.05) is 26.2 Å². The van der Waals surface area contributed by atoms with Crippen LogP contribution in [-0.4, -0.2) is 57.3 Å². The molecule has 0 aliphatic heterocycles. The van der Waals surface area contributed by atoms with Crippen LogP contribution in [0.25, 0.3) is 11.1 Å². The number of rotatable bonds is 10. The topological polar surface area (TPSA) is 93.8 Å². The zero-order valence-electron chi connectivity index (χ0n) is 14.8. The van der Waals surface area contributed by atoms with Gasteiger partial charge in [-0.25, -0.2) is 17.9 Å². The number of oxazole rings is 1. The van der Waals surface area contributed by atoms with Crippen LogP contribution in [-0.2, 0) is 21.8 Å². The molecule has 0 saturated heterocycles. The molecule has 0 atom stereocenters. The highest BCUT2D eigenvalue weighted by molar-refractivity contribution is 7.89. The standard InChI is InChI=1S/C16H25N3O5S/c1-4-19(5-2)9-11-23-10-8-17-25(21,22)13-6-7-14-15(12-13)24-16(20)18(14)3/h6-7,12,17H,4-5,8-11H2,1-3H3. The van der Waals surface area contributed by atoms with Crippen molar-refractivity contribution in [2.75, 3.05) is 39.4 Å². The van der Waals surface area contributed by atoms with Gasteiger partial charge in [-0.1, -0.05) is 13.8 Å². The molecule has 2 aromatic rings. The Labute approximate surface area is 147 Å². The molecule has 0 fully saturated rings. The van der Waals surface area contributed by atoms with Crippen LogP contribution >= 0.6 is 0 Å². The van der Waals surface area contributed by atoms with E-state index in [2.05, 4.69) is 23.5 Å². The van der Waals surface area contributed by atoms with Crippen LogP contribution in [0.3, 0.4) is 0 Å². The van der Waals surface area contributed by atoms with Gasteiger partial charge in [-0.3, -0.25) is 4.57 Å². The number of benzene rings is 1. The van der Waals surface area contributed by atoms with Gasteiger partial charge in [-0.15, -0.1) is 0 Å². The largest absolute Gasteiger partial charge is 0.419 e. The van der Waals surface area contributed by atoms with E-state index in [9.17, 15) is 13.2 Å². The summed E-state index contributed by atoms with van der Waals surface area (Å²) >= 11 is 0. The van der Waals surface area contributed by atoms with E-state index in [1.165, 1.54) is 16.7 Å². The highest BCUT2D eigenvalue weighted by Gasteiger charge is 2.16. The van der Waals surface area contributed by atoms with Crippen LogP contribution in [0.15, 0.2) is 32.3 Å². The minimum Gasteiger partial charge on any atom is -0.408 e. The Bertz CT molecular complexity index is 852. The van der Waals surface area contributed by atoms with Gasteiger partial charge in [0.2, 0.25) is 10.0 Å². The van der Waals surface area contributed by atoms with Gasteiger partial charge in [0.25, 0.3) is 0 Å². The summed E-state index contributed by atoms with van der Waals surface area (Å²) in [5.41, 5.74) is 0.787. The van der Waals surface area contributed by atoms with Crippen LogP contribution in [0.5, 0.6) is 0 Å². The van der Waals surface area contributed by atoms with Crippen molar-refractivity contribution in [3.63, 3.8) is 0 Å². The maximum Gasteiger partial charge on any atom is 0.419 e. The third kappa shape index (κ3) is 4.91. The van der Waals surface area contributed by atoms with Crippen LogP contribution in [0, 0.1) is 0 Å². The van der Waals surface area contributed by atoms with Gasteiger partial charge in [0.15, 0.2) is 5.58 Å². The number of hydrogen-bond donors (Lipinski definition) is 1. The SMILES string of the molecule is CCN(CC)CCOCCNS(=O)(=O)c1ccc2c(c1)oc(=O)n2C. The van der Waals surface area contributed by atoms with E-state index in [0.29, 0.717) is 18.7 Å². The summed E-state index contributed by atoms with van der Waals surface area (Å²) in [6, 6.07) is 4.34. The Kier molecular flexibility index (Phi) is 6.77. The molecule has 0 aliphatic rings. The van der Waals surface area contributed by atoms with E-state index in [1.807, 2.05) is 0 Å². The summed E-state index contributed by atoms with van der Waals surface area (Å²) in [5, 5.41) is 0. The van der Waals surface area contributed by atoms with E-state index >= 15 is 0 Å². The van der Waals surface area contributed by atoms with Crippen LogP contribution in [0.1, 0.15) is 13.8 Å². The van der Waals surface area contributed by atoms with E-state index in [1.54, 1.807) is 13.1 Å². The molecule has 1 aromatic carbocycles. The molecule has 0 spiro atoms. The van der Waals surface area contributed by atoms with Gasteiger partial charge in [-0.2, -0.15) is 0 Å². The Morgan fingerprint density at radius 1 is 1.24 bits per heavy atom. The number of hydrogen-bond acceptors (Lipinski definition) is 6. The monoisotopic (exact) mass is 371 g/mol. The van der Waals surface area contributed by atoms with Crippen molar-refractivity contribution in [2.24, 2.45) is 7.05 Å². The first kappa shape index (κ1) is 19.6. The second-order valence-corrected chi connectivity index (χ2v) is 7.36.